The maximum Gasteiger partial charge on any atom is 0.361 e. The second-order valence-electron chi connectivity index (χ2n) is 2.23. The minimum Gasteiger partial charge on any atom is -0.476 e. The number of nitrogens with zero attached hydrogens (tertiary/aromatic N) is 3. The van der Waals surface area contributed by atoms with Gasteiger partial charge in [0.1, 0.15) is 12.9 Å². The Morgan fingerprint density at radius 3 is 2.93 bits per heavy atom. The van der Waals surface area contributed by atoms with Crippen LogP contribution in [0.15, 0.2) is 17.4 Å². The highest BCUT2D eigenvalue weighted by Crippen LogP contribution is 1.99. The quantitative estimate of drug-likeness (QED) is 0.497. The molecule has 14 heavy (non-hydrogen) atoms. The van der Waals surface area contributed by atoms with Crippen LogP contribution in [0.5, 0.6) is 0 Å². The molecule has 0 amide bonds. The highest BCUT2D eigenvalue weighted by Gasteiger charge is 2.16. The lowest BCUT2D eigenvalue weighted by molar-refractivity contribution is -0.129. The molecule has 0 saturated heterocycles. The van der Waals surface area contributed by atoms with Crippen LogP contribution >= 0.6 is 0 Å². The van der Waals surface area contributed by atoms with E-state index in [1.165, 1.54) is 19.4 Å². The number of hydrogen-bond donors (Lipinski definition) is 2. The van der Waals surface area contributed by atoms with Crippen molar-refractivity contribution >= 4 is 17.5 Å². The maximum absolute atomic E-state index is 10.7. The third-order valence-corrected chi connectivity index (χ3v) is 1.27. The SMILES string of the molecule is CO/N=C(\C(=O)O)c1nccc(N)n1. The van der Waals surface area contributed by atoms with Crippen molar-refractivity contribution in [2.45, 2.75) is 0 Å². The Morgan fingerprint density at radius 2 is 2.43 bits per heavy atom. The maximum atomic E-state index is 10.7. The van der Waals surface area contributed by atoms with Crippen LogP contribution in [0.4, 0.5) is 5.82 Å². The van der Waals surface area contributed by atoms with Gasteiger partial charge in [-0.2, -0.15) is 0 Å². The molecular weight excluding hydrogens is 188 g/mol. The van der Waals surface area contributed by atoms with Gasteiger partial charge in [0.15, 0.2) is 5.82 Å². The molecule has 0 aromatic carbocycles. The first kappa shape index (κ1) is 9.90. The summed E-state index contributed by atoms with van der Waals surface area (Å²) in [5.41, 5.74) is 4.96. The van der Waals surface area contributed by atoms with E-state index in [1.807, 2.05) is 0 Å². The van der Waals surface area contributed by atoms with E-state index in [-0.39, 0.29) is 17.4 Å². The molecule has 74 valence electrons. The van der Waals surface area contributed by atoms with E-state index in [4.69, 9.17) is 10.8 Å². The molecule has 0 aliphatic carbocycles. The molecule has 7 nitrogen and oxygen atoms in total. The largest absolute Gasteiger partial charge is 0.476 e. The summed E-state index contributed by atoms with van der Waals surface area (Å²) in [6.07, 6.45) is 1.34. The van der Waals surface area contributed by atoms with Gasteiger partial charge in [-0.25, -0.2) is 14.8 Å². The number of aliphatic carboxylic acids is 1. The van der Waals surface area contributed by atoms with Crippen LogP contribution < -0.4 is 5.73 Å². The molecule has 1 aromatic heterocycles. The van der Waals surface area contributed by atoms with Gasteiger partial charge in [0.25, 0.3) is 0 Å². The number of nitrogens with two attached hydrogens (primary N) is 1. The molecule has 0 fully saturated rings. The van der Waals surface area contributed by atoms with Gasteiger partial charge in [0.2, 0.25) is 5.71 Å². The molecule has 7 heteroatoms. The second-order valence-corrected chi connectivity index (χ2v) is 2.23. The fraction of sp³-hybridized carbons (Fsp3) is 0.143. The van der Waals surface area contributed by atoms with Crippen LogP contribution in [-0.4, -0.2) is 33.9 Å². The molecule has 0 aliphatic heterocycles. The number of carboxylic acids is 1. The average molecular weight is 196 g/mol. The molecule has 0 spiro atoms. The second kappa shape index (κ2) is 4.17. The van der Waals surface area contributed by atoms with E-state index < -0.39 is 5.97 Å². The molecule has 0 unspecified atom stereocenters. The Morgan fingerprint density at radius 1 is 1.71 bits per heavy atom. The number of nitrogen functional groups attached to an aromatic ring is 1. The van der Waals surface area contributed by atoms with Gasteiger partial charge in [-0.15, -0.1) is 0 Å². The summed E-state index contributed by atoms with van der Waals surface area (Å²) < 4.78 is 0. The first-order valence-corrected chi connectivity index (χ1v) is 3.58. The van der Waals surface area contributed by atoms with Crippen molar-refractivity contribution in [1.29, 1.82) is 0 Å². The molecule has 1 aromatic rings. The standard InChI is InChI=1S/C7H8N4O3/c1-14-11-5(7(12)13)6-9-3-2-4(8)10-6/h2-3H,1H3,(H,12,13)(H2,8,9,10)/b11-5-. The normalized spacial score (nSPS) is 11.1. The summed E-state index contributed by atoms with van der Waals surface area (Å²) in [6, 6.07) is 1.44. The minimum atomic E-state index is -1.28. The average Bonchev–Trinajstić information content (AvgIpc) is 2.13. The minimum absolute atomic E-state index is 0.0839. The Labute approximate surface area is 79.2 Å². The van der Waals surface area contributed by atoms with Crippen molar-refractivity contribution in [2.24, 2.45) is 5.16 Å². The molecule has 0 saturated carbocycles. The Bertz CT molecular complexity index is 377. The van der Waals surface area contributed by atoms with Crippen LogP contribution in [0.3, 0.4) is 0 Å². The predicted molar refractivity (Wildman–Crippen MR) is 47.6 cm³/mol. The summed E-state index contributed by atoms with van der Waals surface area (Å²) in [7, 11) is 1.23. The molecule has 1 rings (SSSR count). The first-order valence-electron chi connectivity index (χ1n) is 3.58. The lowest BCUT2D eigenvalue weighted by atomic mass is 10.3. The van der Waals surface area contributed by atoms with Crippen LogP contribution in [0, 0.1) is 0 Å². The van der Waals surface area contributed by atoms with Crippen molar-refractivity contribution in [1.82, 2.24) is 9.97 Å². The fourth-order valence-corrected chi connectivity index (χ4v) is 0.754. The van der Waals surface area contributed by atoms with Crippen molar-refractivity contribution in [3.05, 3.63) is 18.1 Å². The van der Waals surface area contributed by atoms with Crippen LogP contribution in [0.25, 0.3) is 0 Å². The molecule has 0 aliphatic rings. The monoisotopic (exact) mass is 196 g/mol. The predicted octanol–water partition coefficient (Wildman–Crippen LogP) is -0.506. The van der Waals surface area contributed by atoms with E-state index >= 15 is 0 Å². The Balaban J connectivity index is 3.12. The van der Waals surface area contributed by atoms with Crippen molar-refractivity contribution in [3.8, 4) is 0 Å². The fourth-order valence-electron chi connectivity index (χ4n) is 0.754. The molecule has 0 atom stereocenters. The van der Waals surface area contributed by atoms with Gasteiger partial charge in [0.05, 0.1) is 0 Å². The van der Waals surface area contributed by atoms with Crippen molar-refractivity contribution in [3.63, 3.8) is 0 Å². The zero-order valence-electron chi connectivity index (χ0n) is 7.34. The summed E-state index contributed by atoms with van der Waals surface area (Å²) in [5, 5.41) is 12.0. The third-order valence-electron chi connectivity index (χ3n) is 1.27. The highest BCUT2D eigenvalue weighted by molar-refractivity contribution is 6.41. The summed E-state index contributed by atoms with van der Waals surface area (Å²) in [6.45, 7) is 0. The van der Waals surface area contributed by atoms with Gasteiger partial charge in [0, 0.05) is 6.20 Å². The molecule has 3 N–H and O–H groups in total. The van der Waals surface area contributed by atoms with Crippen LogP contribution in [0.2, 0.25) is 0 Å². The number of aromatic nitrogens is 2. The highest BCUT2D eigenvalue weighted by atomic mass is 16.6. The van der Waals surface area contributed by atoms with Crippen LogP contribution in [0.1, 0.15) is 5.82 Å². The van der Waals surface area contributed by atoms with Crippen molar-refractivity contribution < 1.29 is 14.7 Å². The van der Waals surface area contributed by atoms with Gasteiger partial charge in [-0.1, -0.05) is 5.16 Å². The third kappa shape index (κ3) is 2.16. The smallest absolute Gasteiger partial charge is 0.361 e. The lowest BCUT2D eigenvalue weighted by Crippen LogP contribution is -2.18. The van der Waals surface area contributed by atoms with E-state index in [1.54, 1.807) is 0 Å². The summed E-state index contributed by atoms with van der Waals surface area (Å²) in [4.78, 5) is 22.4. The molecule has 0 radical (unpaired) electrons. The topological polar surface area (TPSA) is 111 Å². The lowest BCUT2D eigenvalue weighted by Gasteiger charge is -1.99. The van der Waals surface area contributed by atoms with E-state index in [9.17, 15) is 4.79 Å². The molecule has 0 bridgehead atoms. The van der Waals surface area contributed by atoms with Gasteiger partial charge in [-0.3, -0.25) is 0 Å². The number of carboxylic acid groups (broad SMARTS) is 1. The molecular formula is C7H8N4O3. The number of oxime groups is 1. The van der Waals surface area contributed by atoms with E-state index in [0.717, 1.165) is 0 Å². The molecule has 1 heterocycles. The van der Waals surface area contributed by atoms with Gasteiger partial charge >= 0.3 is 5.97 Å². The van der Waals surface area contributed by atoms with Crippen LogP contribution in [-0.2, 0) is 9.63 Å². The van der Waals surface area contributed by atoms with Crippen molar-refractivity contribution in [2.75, 3.05) is 12.8 Å². The first-order chi connectivity index (χ1) is 6.65. The number of rotatable bonds is 3. The zero-order chi connectivity index (χ0) is 10.6. The number of hydrogen-bond acceptors (Lipinski definition) is 6. The van der Waals surface area contributed by atoms with E-state index in [2.05, 4.69) is 20.0 Å². The zero-order valence-corrected chi connectivity index (χ0v) is 7.34. The number of carbonyl (C=O) groups is 1. The Kier molecular flexibility index (Phi) is 2.95. The number of anilines is 1. The summed E-state index contributed by atoms with van der Waals surface area (Å²) in [5.74, 6) is -1.20. The Hall–Kier alpha value is -2.18. The van der Waals surface area contributed by atoms with Gasteiger partial charge < -0.3 is 15.7 Å². The van der Waals surface area contributed by atoms with E-state index in [0.29, 0.717) is 0 Å². The van der Waals surface area contributed by atoms with Gasteiger partial charge in [-0.05, 0) is 6.07 Å². The summed E-state index contributed by atoms with van der Waals surface area (Å²) >= 11 is 0.